The first-order chi connectivity index (χ1) is 15.4. The molecule has 0 bridgehead atoms. The molecule has 0 fully saturated rings. The lowest BCUT2D eigenvalue weighted by Gasteiger charge is -2.13. The van der Waals surface area contributed by atoms with Crippen LogP contribution in [0.4, 0.5) is 0 Å². The number of hydrogen-bond acceptors (Lipinski definition) is 4. The van der Waals surface area contributed by atoms with Gasteiger partial charge in [-0.15, -0.1) is 0 Å². The quantitative estimate of drug-likeness (QED) is 0.487. The standard InChI is InChI=1S/C25H24BrN3O3/c1-15-10-12-17(13-11-15)14-27-25(31)23-16(2)22-20(8-5-9-21(22)32-23)28-29-24(30)18-6-3-4-7-19(18)26/h3-4,6-7,10-13H,5,8-9,14H2,1-2H3,(H,27,31)(H,29,30)/b28-20+. The average Bonchev–Trinajstić information content (AvgIpc) is 3.14. The first-order valence-electron chi connectivity index (χ1n) is 10.5. The molecular weight excluding hydrogens is 470 g/mol. The summed E-state index contributed by atoms with van der Waals surface area (Å²) < 4.78 is 6.64. The second-order valence-electron chi connectivity index (χ2n) is 7.86. The number of fused-ring (bicyclic) bond motifs is 1. The summed E-state index contributed by atoms with van der Waals surface area (Å²) in [6, 6.07) is 15.2. The molecular formula is C25H24BrN3O3. The van der Waals surface area contributed by atoms with E-state index in [1.807, 2.05) is 50.2 Å². The summed E-state index contributed by atoms with van der Waals surface area (Å²) in [5.74, 6) is 0.486. The molecule has 1 heterocycles. The van der Waals surface area contributed by atoms with Crippen LogP contribution in [0.3, 0.4) is 0 Å². The summed E-state index contributed by atoms with van der Waals surface area (Å²) in [6.45, 7) is 4.31. The van der Waals surface area contributed by atoms with Gasteiger partial charge >= 0.3 is 0 Å². The third kappa shape index (κ3) is 4.67. The molecule has 1 aliphatic carbocycles. The Morgan fingerprint density at radius 1 is 1.03 bits per heavy atom. The second-order valence-corrected chi connectivity index (χ2v) is 8.71. The van der Waals surface area contributed by atoms with Crippen molar-refractivity contribution in [3.63, 3.8) is 0 Å². The smallest absolute Gasteiger partial charge is 0.287 e. The molecule has 0 unspecified atom stereocenters. The van der Waals surface area contributed by atoms with Gasteiger partial charge in [0.05, 0.1) is 11.3 Å². The van der Waals surface area contributed by atoms with Crippen molar-refractivity contribution < 1.29 is 14.0 Å². The van der Waals surface area contributed by atoms with Gasteiger partial charge in [-0.25, -0.2) is 5.43 Å². The molecule has 0 aliphatic heterocycles. The van der Waals surface area contributed by atoms with Gasteiger partial charge < -0.3 is 9.73 Å². The fraction of sp³-hybridized carbons (Fsp3) is 0.240. The molecule has 0 atom stereocenters. The number of rotatable bonds is 5. The molecule has 4 rings (SSSR count). The van der Waals surface area contributed by atoms with E-state index in [1.165, 1.54) is 5.56 Å². The lowest BCUT2D eigenvalue weighted by atomic mass is 9.93. The predicted molar refractivity (Wildman–Crippen MR) is 127 cm³/mol. The third-order valence-corrected chi connectivity index (χ3v) is 6.21. The summed E-state index contributed by atoms with van der Waals surface area (Å²) >= 11 is 3.39. The molecule has 2 aromatic carbocycles. The maximum atomic E-state index is 12.8. The lowest BCUT2D eigenvalue weighted by molar-refractivity contribution is 0.0919. The van der Waals surface area contributed by atoms with Crippen LogP contribution in [0.2, 0.25) is 0 Å². The minimum Gasteiger partial charge on any atom is -0.455 e. The Morgan fingerprint density at radius 2 is 1.78 bits per heavy atom. The Labute approximate surface area is 195 Å². The summed E-state index contributed by atoms with van der Waals surface area (Å²) in [5, 5.41) is 7.31. The van der Waals surface area contributed by atoms with E-state index in [4.69, 9.17) is 4.42 Å². The van der Waals surface area contributed by atoms with Crippen LogP contribution in [0.25, 0.3) is 0 Å². The van der Waals surface area contributed by atoms with Crippen molar-refractivity contribution >= 4 is 33.5 Å². The van der Waals surface area contributed by atoms with Gasteiger partial charge in [0.2, 0.25) is 0 Å². The van der Waals surface area contributed by atoms with Crippen molar-refractivity contribution in [2.45, 2.75) is 39.7 Å². The molecule has 0 saturated heterocycles. The van der Waals surface area contributed by atoms with Crippen LogP contribution in [-0.4, -0.2) is 17.5 Å². The molecule has 32 heavy (non-hydrogen) atoms. The monoisotopic (exact) mass is 493 g/mol. The number of aryl methyl sites for hydroxylation is 2. The molecule has 0 radical (unpaired) electrons. The number of nitrogens with one attached hydrogen (secondary N) is 2. The SMILES string of the molecule is Cc1ccc(CNC(=O)c2oc3c(c2C)/C(=N/NC(=O)c2ccccc2Br)CCC3)cc1. The van der Waals surface area contributed by atoms with Gasteiger partial charge in [0.25, 0.3) is 11.8 Å². The van der Waals surface area contributed by atoms with Gasteiger partial charge in [-0.05, 0) is 60.3 Å². The van der Waals surface area contributed by atoms with Crippen LogP contribution in [0.5, 0.6) is 0 Å². The van der Waals surface area contributed by atoms with Gasteiger partial charge in [-0.1, -0.05) is 42.0 Å². The van der Waals surface area contributed by atoms with Crippen molar-refractivity contribution in [2.75, 3.05) is 0 Å². The molecule has 164 valence electrons. The molecule has 6 nitrogen and oxygen atoms in total. The van der Waals surface area contributed by atoms with E-state index in [0.29, 0.717) is 28.8 Å². The summed E-state index contributed by atoms with van der Waals surface area (Å²) in [5.41, 5.74) is 7.64. The predicted octanol–water partition coefficient (Wildman–Crippen LogP) is 5.06. The summed E-state index contributed by atoms with van der Waals surface area (Å²) in [4.78, 5) is 25.3. The normalized spacial score (nSPS) is 14.2. The zero-order valence-corrected chi connectivity index (χ0v) is 19.6. The molecule has 3 aromatic rings. The van der Waals surface area contributed by atoms with Gasteiger partial charge in [0.1, 0.15) is 5.76 Å². The third-order valence-electron chi connectivity index (χ3n) is 5.52. The van der Waals surface area contributed by atoms with Crippen molar-refractivity contribution in [3.8, 4) is 0 Å². The Balaban J connectivity index is 1.51. The Hall–Kier alpha value is -3.19. The average molecular weight is 494 g/mol. The van der Waals surface area contributed by atoms with Crippen molar-refractivity contribution in [2.24, 2.45) is 5.10 Å². The Kier molecular flexibility index (Phi) is 6.55. The van der Waals surface area contributed by atoms with Crippen molar-refractivity contribution in [1.29, 1.82) is 0 Å². The highest BCUT2D eigenvalue weighted by Crippen LogP contribution is 2.30. The fourth-order valence-electron chi connectivity index (χ4n) is 3.79. The highest BCUT2D eigenvalue weighted by Gasteiger charge is 2.28. The molecule has 2 N–H and O–H groups in total. The number of halogens is 1. The van der Waals surface area contributed by atoms with E-state index in [-0.39, 0.29) is 11.8 Å². The Morgan fingerprint density at radius 3 is 2.53 bits per heavy atom. The zero-order chi connectivity index (χ0) is 22.7. The molecule has 1 aromatic heterocycles. The van der Waals surface area contributed by atoms with Crippen LogP contribution >= 0.6 is 15.9 Å². The van der Waals surface area contributed by atoms with Crippen LogP contribution in [0.1, 0.15) is 61.8 Å². The number of hydrogen-bond donors (Lipinski definition) is 2. The maximum Gasteiger partial charge on any atom is 0.287 e. The number of carbonyl (C=O) groups is 2. The first kappa shape index (κ1) is 22.0. The topological polar surface area (TPSA) is 83.7 Å². The minimum absolute atomic E-state index is 0.255. The number of nitrogens with zero attached hydrogens (tertiary/aromatic N) is 1. The summed E-state index contributed by atoms with van der Waals surface area (Å²) in [7, 11) is 0. The van der Waals surface area contributed by atoms with Gasteiger partial charge in [-0.3, -0.25) is 9.59 Å². The molecule has 7 heteroatoms. The van der Waals surface area contributed by atoms with E-state index >= 15 is 0 Å². The highest BCUT2D eigenvalue weighted by atomic mass is 79.9. The van der Waals surface area contributed by atoms with E-state index in [9.17, 15) is 9.59 Å². The molecule has 2 amide bonds. The lowest BCUT2D eigenvalue weighted by Crippen LogP contribution is -2.23. The van der Waals surface area contributed by atoms with Crippen molar-refractivity contribution in [1.82, 2.24) is 10.7 Å². The minimum atomic E-state index is -0.297. The van der Waals surface area contributed by atoms with Crippen LogP contribution in [0, 0.1) is 13.8 Å². The van der Waals surface area contributed by atoms with Gasteiger partial charge in [-0.2, -0.15) is 5.10 Å². The molecule has 1 aliphatic rings. The number of furan rings is 1. The number of hydrazone groups is 1. The second kappa shape index (κ2) is 9.53. The van der Waals surface area contributed by atoms with Crippen molar-refractivity contribution in [3.05, 3.63) is 92.3 Å². The number of amides is 2. The van der Waals surface area contributed by atoms with E-state index in [1.54, 1.807) is 12.1 Å². The first-order valence-corrected chi connectivity index (χ1v) is 11.3. The van der Waals surface area contributed by atoms with Crippen LogP contribution in [0.15, 0.2) is 62.5 Å². The summed E-state index contributed by atoms with van der Waals surface area (Å²) in [6.07, 6.45) is 2.28. The maximum absolute atomic E-state index is 12.8. The molecule has 0 saturated carbocycles. The largest absolute Gasteiger partial charge is 0.455 e. The van der Waals surface area contributed by atoms with E-state index in [2.05, 4.69) is 31.8 Å². The van der Waals surface area contributed by atoms with Gasteiger partial charge in [0.15, 0.2) is 5.76 Å². The van der Waals surface area contributed by atoms with Crippen LogP contribution < -0.4 is 10.7 Å². The number of carbonyl (C=O) groups excluding carboxylic acids is 2. The fourth-order valence-corrected chi connectivity index (χ4v) is 4.25. The van der Waals surface area contributed by atoms with E-state index in [0.717, 1.165) is 41.0 Å². The Bertz CT molecular complexity index is 1200. The van der Waals surface area contributed by atoms with Gasteiger partial charge in [0, 0.05) is 28.6 Å². The highest BCUT2D eigenvalue weighted by molar-refractivity contribution is 9.10. The van der Waals surface area contributed by atoms with Crippen LogP contribution in [-0.2, 0) is 13.0 Å². The number of benzene rings is 2. The van der Waals surface area contributed by atoms with E-state index < -0.39 is 0 Å². The zero-order valence-electron chi connectivity index (χ0n) is 18.0. The molecule has 0 spiro atoms.